The summed E-state index contributed by atoms with van der Waals surface area (Å²) < 4.78 is 6.18. The minimum absolute atomic E-state index is 0.0546. The van der Waals surface area contributed by atoms with E-state index in [-0.39, 0.29) is 17.8 Å². The molecule has 2 rings (SSSR count). The summed E-state index contributed by atoms with van der Waals surface area (Å²) in [4.78, 5) is 25.9. The van der Waals surface area contributed by atoms with E-state index in [1.54, 1.807) is 23.1 Å². The number of nitrogens with zero attached hydrogens (tertiary/aromatic N) is 4. The van der Waals surface area contributed by atoms with Gasteiger partial charge in [0.05, 0.1) is 18.1 Å². The maximum Gasteiger partial charge on any atom is 0.330 e. The number of aromatic nitrogens is 3. The second kappa shape index (κ2) is 8.04. The highest BCUT2D eigenvalue weighted by Gasteiger charge is 2.20. The maximum atomic E-state index is 11.4. The van der Waals surface area contributed by atoms with Crippen LogP contribution in [0.1, 0.15) is 25.5 Å². The van der Waals surface area contributed by atoms with Gasteiger partial charge in [0.1, 0.15) is 18.3 Å². The third-order valence-electron chi connectivity index (χ3n) is 3.79. The number of hydrogen-bond acceptors (Lipinski definition) is 7. The first kappa shape index (κ1) is 18.1. The number of anilines is 1. The molecule has 0 unspecified atom stereocenters. The van der Waals surface area contributed by atoms with E-state index in [0.29, 0.717) is 11.3 Å². The van der Waals surface area contributed by atoms with Gasteiger partial charge < -0.3 is 10.1 Å². The third-order valence-corrected chi connectivity index (χ3v) is 3.79. The van der Waals surface area contributed by atoms with Gasteiger partial charge in [-0.1, -0.05) is 6.07 Å². The van der Waals surface area contributed by atoms with E-state index >= 15 is 0 Å². The molecule has 0 spiro atoms. The van der Waals surface area contributed by atoms with Crippen molar-refractivity contribution in [2.75, 3.05) is 12.4 Å². The summed E-state index contributed by atoms with van der Waals surface area (Å²) in [5.41, 5.74) is 0.837. The lowest BCUT2D eigenvalue weighted by molar-refractivity contribution is -0.384. The van der Waals surface area contributed by atoms with Crippen LogP contribution in [0.3, 0.4) is 0 Å². The molecule has 0 radical (unpaired) electrons. The largest absolute Gasteiger partial charge is 0.466 e. The molecule has 1 N–H and O–H groups in total. The molecule has 0 amide bonds. The molecule has 0 aliphatic carbocycles. The van der Waals surface area contributed by atoms with Gasteiger partial charge in [-0.2, -0.15) is 5.10 Å². The van der Waals surface area contributed by atoms with Gasteiger partial charge in [0.2, 0.25) is 0 Å². The number of carbonyl (C=O) groups is 1. The van der Waals surface area contributed by atoms with Crippen molar-refractivity contribution in [3.63, 3.8) is 0 Å². The van der Waals surface area contributed by atoms with Crippen molar-refractivity contribution in [3.05, 3.63) is 52.6 Å². The Morgan fingerprint density at radius 2 is 2.20 bits per heavy atom. The summed E-state index contributed by atoms with van der Waals surface area (Å²) >= 11 is 0. The number of nitro benzene ring substituents is 1. The molecule has 0 saturated heterocycles. The molecule has 2 atom stereocenters. The van der Waals surface area contributed by atoms with Crippen LogP contribution in [0, 0.1) is 10.1 Å². The quantitative estimate of drug-likeness (QED) is 0.355. The van der Waals surface area contributed by atoms with Gasteiger partial charge >= 0.3 is 5.97 Å². The summed E-state index contributed by atoms with van der Waals surface area (Å²) in [6.07, 6.45) is 5.71. The van der Waals surface area contributed by atoms with Crippen LogP contribution in [-0.2, 0) is 9.53 Å². The molecule has 2 aromatic rings. The molecule has 0 aliphatic heterocycles. The summed E-state index contributed by atoms with van der Waals surface area (Å²) in [5.74, 6) is -0.528. The standard InChI is InChI=1S/C16H19N5O4/c1-11(12(2)20-10-17-9-18-20)19-14-6-4-13(5-7-16(22)25-3)8-15(14)21(23)24/h4-12,19H,1-3H3/b7-5+/t11-,12-/m1/s1. The Morgan fingerprint density at radius 3 is 2.80 bits per heavy atom. The number of rotatable bonds is 7. The smallest absolute Gasteiger partial charge is 0.330 e. The lowest BCUT2D eigenvalue weighted by Crippen LogP contribution is -2.27. The fraction of sp³-hybridized carbons (Fsp3) is 0.312. The van der Waals surface area contributed by atoms with Gasteiger partial charge in [-0.15, -0.1) is 0 Å². The Bertz CT molecular complexity index is 773. The molecule has 25 heavy (non-hydrogen) atoms. The first-order valence-corrected chi connectivity index (χ1v) is 7.57. The van der Waals surface area contributed by atoms with E-state index in [1.807, 2.05) is 13.8 Å². The van der Waals surface area contributed by atoms with Crippen molar-refractivity contribution in [3.8, 4) is 0 Å². The zero-order valence-electron chi connectivity index (χ0n) is 14.1. The van der Waals surface area contributed by atoms with Crippen molar-refractivity contribution in [2.24, 2.45) is 0 Å². The van der Waals surface area contributed by atoms with Crippen LogP contribution in [0.5, 0.6) is 0 Å². The lowest BCUT2D eigenvalue weighted by Gasteiger charge is -2.22. The SMILES string of the molecule is COC(=O)/C=C/c1ccc(N[C@H](C)[C@@H](C)n2cncn2)c([N+](=O)[O-])c1. The van der Waals surface area contributed by atoms with Gasteiger partial charge in [-0.05, 0) is 31.6 Å². The first-order valence-electron chi connectivity index (χ1n) is 7.57. The van der Waals surface area contributed by atoms with Crippen molar-refractivity contribution in [2.45, 2.75) is 25.9 Å². The summed E-state index contributed by atoms with van der Waals surface area (Å²) in [7, 11) is 1.26. The summed E-state index contributed by atoms with van der Waals surface area (Å²) in [6.45, 7) is 3.84. The number of nitrogens with one attached hydrogen (secondary N) is 1. The van der Waals surface area contributed by atoms with E-state index in [9.17, 15) is 14.9 Å². The van der Waals surface area contributed by atoms with Crippen LogP contribution < -0.4 is 5.32 Å². The zero-order chi connectivity index (χ0) is 18.4. The van der Waals surface area contributed by atoms with Crippen LogP contribution in [0.25, 0.3) is 6.08 Å². The second-order valence-corrected chi connectivity index (χ2v) is 5.44. The normalized spacial score (nSPS) is 13.4. The highest BCUT2D eigenvalue weighted by Crippen LogP contribution is 2.28. The number of carbonyl (C=O) groups excluding carboxylic acids is 1. The van der Waals surface area contributed by atoms with Crippen LogP contribution >= 0.6 is 0 Å². The predicted octanol–water partition coefficient (Wildman–Crippen LogP) is 2.43. The predicted molar refractivity (Wildman–Crippen MR) is 92.0 cm³/mol. The fourth-order valence-corrected chi connectivity index (χ4v) is 2.18. The van der Waals surface area contributed by atoms with Gasteiger partial charge in [-0.3, -0.25) is 10.1 Å². The van der Waals surface area contributed by atoms with E-state index in [1.165, 1.54) is 31.7 Å². The van der Waals surface area contributed by atoms with Crippen molar-refractivity contribution in [1.82, 2.24) is 14.8 Å². The number of methoxy groups -OCH3 is 1. The molecule has 1 heterocycles. The van der Waals surface area contributed by atoms with Crippen molar-refractivity contribution in [1.29, 1.82) is 0 Å². The molecule has 1 aromatic carbocycles. The molecule has 9 heteroatoms. The Balaban J connectivity index is 2.21. The summed E-state index contributed by atoms with van der Waals surface area (Å²) in [6, 6.07) is 4.51. The van der Waals surface area contributed by atoms with Gasteiger partial charge in [0.25, 0.3) is 5.69 Å². The molecular formula is C16H19N5O4. The Hall–Kier alpha value is -3.23. The first-order chi connectivity index (χ1) is 11.9. The molecule has 9 nitrogen and oxygen atoms in total. The monoisotopic (exact) mass is 345 g/mol. The molecule has 132 valence electrons. The topological polar surface area (TPSA) is 112 Å². The molecule has 0 bridgehead atoms. The van der Waals surface area contributed by atoms with Gasteiger partial charge in [0, 0.05) is 18.2 Å². The molecule has 0 saturated carbocycles. The second-order valence-electron chi connectivity index (χ2n) is 5.44. The van der Waals surface area contributed by atoms with Crippen LogP contribution in [0.2, 0.25) is 0 Å². The minimum Gasteiger partial charge on any atom is -0.466 e. The third kappa shape index (κ3) is 4.63. The van der Waals surface area contributed by atoms with Gasteiger partial charge in [0.15, 0.2) is 0 Å². The number of benzene rings is 1. The van der Waals surface area contributed by atoms with Gasteiger partial charge in [-0.25, -0.2) is 14.5 Å². The highest BCUT2D eigenvalue weighted by molar-refractivity contribution is 5.87. The molecule has 1 aromatic heterocycles. The van der Waals surface area contributed by atoms with Crippen molar-refractivity contribution >= 4 is 23.4 Å². The average molecular weight is 345 g/mol. The molecular weight excluding hydrogens is 326 g/mol. The van der Waals surface area contributed by atoms with E-state index in [0.717, 1.165) is 0 Å². The number of hydrogen-bond donors (Lipinski definition) is 1. The Labute approximate surface area is 144 Å². The van der Waals surface area contributed by atoms with Crippen molar-refractivity contribution < 1.29 is 14.5 Å². The molecule has 0 aliphatic rings. The molecule has 0 fully saturated rings. The maximum absolute atomic E-state index is 11.4. The van der Waals surface area contributed by atoms with Crippen LogP contribution in [-0.4, -0.2) is 38.8 Å². The zero-order valence-corrected chi connectivity index (χ0v) is 14.1. The summed E-state index contributed by atoms with van der Waals surface area (Å²) in [5, 5.41) is 18.6. The number of ether oxygens (including phenoxy) is 1. The number of esters is 1. The van der Waals surface area contributed by atoms with Crippen LogP contribution in [0.4, 0.5) is 11.4 Å². The lowest BCUT2D eigenvalue weighted by atomic mass is 10.1. The Kier molecular flexibility index (Phi) is 5.83. The van der Waals surface area contributed by atoms with E-state index in [2.05, 4.69) is 20.1 Å². The highest BCUT2D eigenvalue weighted by atomic mass is 16.6. The number of nitro groups is 1. The van der Waals surface area contributed by atoms with Crippen LogP contribution in [0.15, 0.2) is 36.9 Å². The van der Waals surface area contributed by atoms with E-state index in [4.69, 9.17) is 0 Å². The fourth-order valence-electron chi connectivity index (χ4n) is 2.18. The minimum atomic E-state index is -0.528. The average Bonchev–Trinajstić information content (AvgIpc) is 3.14. The Morgan fingerprint density at radius 1 is 1.44 bits per heavy atom. The van der Waals surface area contributed by atoms with E-state index < -0.39 is 10.9 Å².